The molecular formula is C16H26N2O. The van der Waals surface area contributed by atoms with Crippen molar-refractivity contribution in [3.63, 3.8) is 0 Å². The number of hydrogen-bond acceptors (Lipinski definition) is 3. The van der Waals surface area contributed by atoms with Crippen LogP contribution in [-0.2, 0) is 4.74 Å². The van der Waals surface area contributed by atoms with Crippen LogP contribution in [0.4, 0.5) is 0 Å². The number of hydrogen-bond donors (Lipinski definition) is 1. The second-order valence-electron chi connectivity index (χ2n) is 5.46. The van der Waals surface area contributed by atoms with Crippen molar-refractivity contribution < 1.29 is 4.74 Å². The van der Waals surface area contributed by atoms with Crippen molar-refractivity contribution in [2.75, 3.05) is 13.2 Å². The minimum Gasteiger partial charge on any atom is -0.378 e. The SMILES string of the molecule is CCCNC(CC1CCCCO1)c1ccc(C)nc1. The molecule has 0 aromatic carbocycles. The van der Waals surface area contributed by atoms with Gasteiger partial charge >= 0.3 is 0 Å². The Morgan fingerprint density at radius 2 is 2.32 bits per heavy atom. The van der Waals surface area contributed by atoms with Gasteiger partial charge in [-0.05, 0) is 57.2 Å². The van der Waals surface area contributed by atoms with Crippen molar-refractivity contribution in [2.24, 2.45) is 0 Å². The molecule has 2 heterocycles. The van der Waals surface area contributed by atoms with Crippen molar-refractivity contribution in [1.82, 2.24) is 10.3 Å². The third kappa shape index (κ3) is 4.59. The monoisotopic (exact) mass is 262 g/mol. The number of nitrogens with zero attached hydrogens (tertiary/aromatic N) is 1. The molecule has 1 aliphatic heterocycles. The highest BCUT2D eigenvalue weighted by Gasteiger charge is 2.20. The van der Waals surface area contributed by atoms with Gasteiger partial charge in [-0.1, -0.05) is 13.0 Å². The zero-order valence-corrected chi connectivity index (χ0v) is 12.2. The number of nitrogens with one attached hydrogen (secondary N) is 1. The Morgan fingerprint density at radius 3 is 2.95 bits per heavy atom. The lowest BCUT2D eigenvalue weighted by atomic mass is 9.97. The maximum atomic E-state index is 5.87. The Morgan fingerprint density at radius 1 is 1.42 bits per heavy atom. The fourth-order valence-corrected chi connectivity index (χ4v) is 2.60. The molecule has 1 N–H and O–H groups in total. The first-order valence-corrected chi connectivity index (χ1v) is 7.57. The Labute approximate surface area is 116 Å². The summed E-state index contributed by atoms with van der Waals surface area (Å²) in [6, 6.07) is 4.66. The van der Waals surface area contributed by atoms with Gasteiger partial charge in [0.15, 0.2) is 0 Å². The van der Waals surface area contributed by atoms with Crippen molar-refractivity contribution in [3.8, 4) is 0 Å². The molecule has 1 saturated heterocycles. The van der Waals surface area contributed by atoms with Crippen LogP contribution in [0.5, 0.6) is 0 Å². The van der Waals surface area contributed by atoms with Crippen molar-refractivity contribution in [3.05, 3.63) is 29.6 Å². The molecule has 0 amide bonds. The second kappa shape index (κ2) is 7.61. The van der Waals surface area contributed by atoms with Crippen LogP contribution in [0, 0.1) is 6.92 Å². The van der Waals surface area contributed by atoms with E-state index in [1.165, 1.54) is 24.8 Å². The molecule has 1 fully saturated rings. The first kappa shape index (κ1) is 14.5. The Bertz CT molecular complexity index is 358. The molecule has 0 aliphatic carbocycles. The standard InChI is InChI=1S/C16H26N2O/c1-3-9-17-16(11-15-6-4-5-10-19-15)14-8-7-13(2)18-12-14/h7-8,12,15-17H,3-6,9-11H2,1-2H3. The normalized spacial score (nSPS) is 21.3. The van der Waals surface area contributed by atoms with Crippen LogP contribution in [-0.4, -0.2) is 24.2 Å². The molecule has 0 saturated carbocycles. The molecule has 2 rings (SSSR count). The first-order valence-electron chi connectivity index (χ1n) is 7.57. The minimum atomic E-state index is 0.371. The van der Waals surface area contributed by atoms with Gasteiger partial charge in [0.05, 0.1) is 6.10 Å². The van der Waals surface area contributed by atoms with Gasteiger partial charge in [0.25, 0.3) is 0 Å². The Balaban J connectivity index is 1.99. The van der Waals surface area contributed by atoms with Gasteiger partial charge in [-0.3, -0.25) is 4.98 Å². The van der Waals surface area contributed by atoms with E-state index in [0.717, 1.165) is 31.7 Å². The van der Waals surface area contributed by atoms with Crippen LogP contribution in [0.25, 0.3) is 0 Å². The van der Waals surface area contributed by atoms with E-state index in [2.05, 4.69) is 29.4 Å². The third-order valence-electron chi connectivity index (χ3n) is 3.75. The average Bonchev–Trinajstić information content (AvgIpc) is 2.45. The predicted octanol–water partition coefficient (Wildman–Crippen LogP) is 3.39. The van der Waals surface area contributed by atoms with Crippen LogP contribution in [0.2, 0.25) is 0 Å². The molecular weight excluding hydrogens is 236 g/mol. The number of aromatic nitrogens is 1. The van der Waals surface area contributed by atoms with Gasteiger partial charge in [0.1, 0.15) is 0 Å². The van der Waals surface area contributed by atoms with E-state index in [-0.39, 0.29) is 0 Å². The zero-order valence-electron chi connectivity index (χ0n) is 12.2. The topological polar surface area (TPSA) is 34.1 Å². The lowest BCUT2D eigenvalue weighted by molar-refractivity contribution is 0.00503. The zero-order chi connectivity index (χ0) is 13.5. The van der Waals surface area contributed by atoms with E-state index in [9.17, 15) is 0 Å². The Hall–Kier alpha value is -0.930. The van der Waals surface area contributed by atoms with Gasteiger partial charge in [-0.25, -0.2) is 0 Å². The van der Waals surface area contributed by atoms with Crippen molar-refractivity contribution >= 4 is 0 Å². The van der Waals surface area contributed by atoms with E-state index in [1.54, 1.807) is 0 Å². The highest BCUT2D eigenvalue weighted by molar-refractivity contribution is 5.17. The lowest BCUT2D eigenvalue weighted by Crippen LogP contribution is -2.29. The third-order valence-corrected chi connectivity index (χ3v) is 3.75. The fourth-order valence-electron chi connectivity index (χ4n) is 2.60. The average molecular weight is 262 g/mol. The van der Waals surface area contributed by atoms with Gasteiger partial charge in [-0.2, -0.15) is 0 Å². The fraction of sp³-hybridized carbons (Fsp3) is 0.688. The summed E-state index contributed by atoms with van der Waals surface area (Å²) in [6.07, 6.45) is 8.35. The predicted molar refractivity (Wildman–Crippen MR) is 78.2 cm³/mol. The lowest BCUT2D eigenvalue weighted by Gasteiger charge is -2.27. The molecule has 1 aromatic rings. The summed E-state index contributed by atoms with van der Waals surface area (Å²) in [5.41, 5.74) is 2.36. The van der Waals surface area contributed by atoms with E-state index >= 15 is 0 Å². The molecule has 0 bridgehead atoms. The smallest absolute Gasteiger partial charge is 0.0593 e. The second-order valence-corrected chi connectivity index (χ2v) is 5.46. The highest BCUT2D eigenvalue weighted by Crippen LogP contribution is 2.24. The summed E-state index contributed by atoms with van der Waals surface area (Å²) in [7, 11) is 0. The molecule has 1 aliphatic rings. The van der Waals surface area contributed by atoms with Gasteiger partial charge < -0.3 is 10.1 Å². The van der Waals surface area contributed by atoms with Gasteiger partial charge in [-0.15, -0.1) is 0 Å². The van der Waals surface area contributed by atoms with Crippen molar-refractivity contribution in [2.45, 2.75) is 58.1 Å². The van der Waals surface area contributed by atoms with Gasteiger partial charge in [0.2, 0.25) is 0 Å². The van der Waals surface area contributed by atoms with E-state index in [1.807, 2.05) is 13.1 Å². The first-order chi connectivity index (χ1) is 9.29. The summed E-state index contributed by atoms with van der Waals surface area (Å²) in [4.78, 5) is 4.42. The molecule has 19 heavy (non-hydrogen) atoms. The van der Waals surface area contributed by atoms with Crippen LogP contribution in [0.15, 0.2) is 18.3 Å². The number of aryl methyl sites for hydroxylation is 1. The number of rotatable bonds is 6. The summed E-state index contributed by atoms with van der Waals surface area (Å²) in [5.74, 6) is 0. The van der Waals surface area contributed by atoms with E-state index in [4.69, 9.17) is 4.74 Å². The Kier molecular flexibility index (Phi) is 5.80. The summed E-state index contributed by atoms with van der Waals surface area (Å²) < 4.78 is 5.87. The molecule has 2 atom stereocenters. The number of ether oxygens (including phenoxy) is 1. The van der Waals surface area contributed by atoms with Crippen molar-refractivity contribution in [1.29, 1.82) is 0 Å². The summed E-state index contributed by atoms with van der Waals surface area (Å²) in [5, 5.41) is 3.63. The quantitative estimate of drug-likeness (QED) is 0.853. The molecule has 0 radical (unpaired) electrons. The van der Waals surface area contributed by atoms with Crippen LogP contribution in [0.1, 0.15) is 56.3 Å². The minimum absolute atomic E-state index is 0.371. The summed E-state index contributed by atoms with van der Waals surface area (Å²) >= 11 is 0. The van der Waals surface area contributed by atoms with E-state index in [0.29, 0.717) is 12.1 Å². The van der Waals surface area contributed by atoms with Crippen LogP contribution < -0.4 is 5.32 Å². The van der Waals surface area contributed by atoms with E-state index < -0.39 is 0 Å². The molecule has 3 nitrogen and oxygen atoms in total. The molecule has 0 spiro atoms. The maximum Gasteiger partial charge on any atom is 0.0593 e. The van der Waals surface area contributed by atoms with Gasteiger partial charge in [0, 0.05) is 24.5 Å². The van der Waals surface area contributed by atoms with Crippen LogP contribution >= 0.6 is 0 Å². The maximum absolute atomic E-state index is 5.87. The molecule has 3 heteroatoms. The summed E-state index contributed by atoms with van der Waals surface area (Å²) in [6.45, 7) is 6.21. The largest absolute Gasteiger partial charge is 0.378 e. The highest BCUT2D eigenvalue weighted by atomic mass is 16.5. The van der Waals surface area contributed by atoms with Crippen LogP contribution in [0.3, 0.4) is 0 Å². The molecule has 2 unspecified atom stereocenters. The number of pyridine rings is 1. The molecule has 106 valence electrons. The molecule has 1 aromatic heterocycles.